The van der Waals surface area contributed by atoms with Crippen molar-refractivity contribution >= 4 is 0 Å². The molecule has 0 aliphatic rings. The van der Waals surface area contributed by atoms with Crippen LogP contribution in [0.4, 0.5) is 0 Å². The Hall–Kier alpha value is -0.550. The molecule has 0 fully saturated rings. The molecule has 0 aromatic carbocycles. The van der Waals surface area contributed by atoms with E-state index in [2.05, 4.69) is 38.7 Å². The maximum atomic E-state index is 8.63. The van der Waals surface area contributed by atoms with E-state index < -0.39 is 0 Å². The van der Waals surface area contributed by atoms with Gasteiger partial charge in [-0.05, 0) is 26.7 Å². The first-order valence-corrected chi connectivity index (χ1v) is 4.80. The number of hydrogen-bond donors (Lipinski definition) is 0. The Morgan fingerprint density at radius 1 is 1.25 bits per heavy atom. The molecule has 0 spiro atoms. The Balaban J connectivity index is 4.17. The van der Waals surface area contributed by atoms with Gasteiger partial charge in [-0.1, -0.05) is 13.8 Å². The second kappa shape index (κ2) is 6.02. The summed E-state index contributed by atoms with van der Waals surface area (Å²) in [5, 5.41) is 8.63. The van der Waals surface area contributed by atoms with Gasteiger partial charge < -0.3 is 0 Å². The minimum absolute atomic E-state index is 0.481. The number of hydrogen-bond acceptors (Lipinski definition) is 2. The molecule has 0 heterocycles. The average molecular weight is 168 g/mol. The van der Waals surface area contributed by atoms with Gasteiger partial charge in [-0.2, -0.15) is 5.26 Å². The molecule has 0 aromatic rings. The maximum absolute atomic E-state index is 8.63. The van der Waals surface area contributed by atoms with Crippen molar-refractivity contribution in [3.05, 3.63) is 0 Å². The van der Waals surface area contributed by atoms with Gasteiger partial charge in [0, 0.05) is 12.1 Å². The molecule has 0 aliphatic carbocycles. The first-order chi connectivity index (χ1) is 5.67. The van der Waals surface area contributed by atoms with Gasteiger partial charge in [0.1, 0.15) is 0 Å². The topological polar surface area (TPSA) is 27.0 Å². The van der Waals surface area contributed by atoms with Gasteiger partial charge in [0.2, 0.25) is 0 Å². The first kappa shape index (κ1) is 11.4. The van der Waals surface area contributed by atoms with E-state index in [1.165, 1.54) is 0 Å². The van der Waals surface area contributed by atoms with E-state index in [1.54, 1.807) is 0 Å². The SMILES string of the molecule is CCC(CC)N(CC#N)C(C)C. The molecule has 0 aromatic heterocycles. The van der Waals surface area contributed by atoms with Crippen LogP contribution in [0.2, 0.25) is 0 Å². The highest BCUT2D eigenvalue weighted by molar-refractivity contribution is 4.82. The standard InChI is InChI=1S/C10H20N2/c1-5-10(6-2)12(8-7-11)9(3)4/h9-10H,5-6,8H2,1-4H3. The maximum Gasteiger partial charge on any atom is 0.0870 e. The molecular formula is C10H20N2. The minimum Gasteiger partial charge on any atom is -0.285 e. The molecule has 2 nitrogen and oxygen atoms in total. The van der Waals surface area contributed by atoms with Crippen molar-refractivity contribution in [3.8, 4) is 6.07 Å². The molecule has 0 N–H and O–H groups in total. The fourth-order valence-electron chi connectivity index (χ4n) is 1.57. The van der Waals surface area contributed by atoms with Gasteiger partial charge in [-0.15, -0.1) is 0 Å². The quantitative estimate of drug-likeness (QED) is 0.589. The van der Waals surface area contributed by atoms with Crippen molar-refractivity contribution < 1.29 is 0 Å². The van der Waals surface area contributed by atoms with E-state index >= 15 is 0 Å². The van der Waals surface area contributed by atoms with Gasteiger partial charge in [0.25, 0.3) is 0 Å². The molecule has 2 heteroatoms. The predicted octanol–water partition coefficient (Wildman–Crippen LogP) is 2.41. The van der Waals surface area contributed by atoms with Crippen molar-refractivity contribution in [2.24, 2.45) is 0 Å². The zero-order valence-corrected chi connectivity index (χ0v) is 8.67. The predicted molar refractivity (Wildman–Crippen MR) is 51.8 cm³/mol. The van der Waals surface area contributed by atoms with Gasteiger partial charge in [0.05, 0.1) is 12.6 Å². The smallest absolute Gasteiger partial charge is 0.0870 e. The summed E-state index contributed by atoms with van der Waals surface area (Å²) >= 11 is 0. The molecule has 0 amide bonds. The van der Waals surface area contributed by atoms with Crippen LogP contribution in [-0.4, -0.2) is 23.5 Å². The Morgan fingerprint density at radius 3 is 2.00 bits per heavy atom. The van der Waals surface area contributed by atoms with E-state index in [0.29, 0.717) is 18.6 Å². The van der Waals surface area contributed by atoms with Crippen molar-refractivity contribution in [1.82, 2.24) is 4.90 Å². The van der Waals surface area contributed by atoms with Gasteiger partial charge in [-0.25, -0.2) is 0 Å². The number of nitrogens with zero attached hydrogens (tertiary/aromatic N) is 2. The molecule has 0 unspecified atom stereocenters. The van der Waals surface area contributed by atoms with Crippen LogP contribution in [0.1, 0.15) is 40.5 Å². The summed E-state index contributed by atoms with van der Waals surface area (Å²) in [4.78, 5) is 2.26. The molecule has 70 valence electrons. The minimum atomic E-state index is 0.481. The van der Waals surface area contributed by atoms with Crippen LogP contribution in [0, 0.1) is 11.3 Å². The highest BCUT2D eigenvalue weighted by Crippen LogP contribution is 2.11. The lowest BCUT2D eigenvalue weighted by molar-refractivity contribution is 0.165. The Bertz CT molecular complexity index is 142. The van der Waals surface area contributed by atoms with Crippen LogP contribution in [0.25, 0.3) is 0 Å². The summed E-state index contributed by atoms with van der Waals surface area (Å²) in [6.07, 6.45) is 2.27. The third-order valence-corrected chi connectivity index (χ3v) is 2.33. The fourth-order valence-corrected chi connectivity index (χ4v) is 1.57. The molecule has 0 radical (unpaired) electrons. The lowest BCUT2D eigenvalue weighted by Crippen LogP contribution is -2.40. The second-order valence-corrected chi connectivity index (χ2v) is 3.39. The largest absolute Gasteiger partial charge is 0.285 e. The molecule has 0 aliphatic heterocycles. The summed E-state index contributed by atoms with van der Waals surface area (Å²) in [6.45, 7) is 9.22. The van der Waals surface area contributed by atoms with Crippen LogP contribution in [-0.2, 0) is 0 Å². The monoisotopic (exact) mass is 168 g/mol. The lowest BCUT2D eigenvalue weighted by atomic mass is 10.1. The fraction of sp³-hybridized carbons (Fsp3) is 0.900. The molecule has 0 bridgehead atoms. The Labute approximate surface area is 76.2 Å². The van der Waals surface area contributed by atoms with Gasteiger partial charge in [0.15, 0.2) is 0 Å². The van der Waals surface area contributed by atoms with Crippen LogP contribution < -0.4 is 0 Å². The summed E-state index contributed by atoms with van der Waals surface area (Å²) < 4.78 is 0. The summed E-state index contributed by atoms with van der Waals surface area (Å²) in [5.41, 5.74) is 0. The van der Waals surface area contributed by atoms with Crippen molar-refractivity contribution in [3.63, 3.8) is 0 Å². The van der Waals surface area contributed by atoms with Crippen LogP contribution in [0.5, 0.6) is 0 Å². The van der Waals surface area contributed by atoms with Crippen molar-refractivity contribution in [2.75, 3.05) is 6.54 Å². The molecule has 0 saturated heterocycles. The van der Waals surface area contributed by atoms with E-state index in [-0.39, 0.29) is 0 Å². The normalized spacial score (nSPS) is 11.2. The molecule has 0 atom stereocenters. The van der Waals surface area contributed by atoms with E-state index in [9.17, 15) is 0 Å². The third-order valence-electron chi connectivity index (χ3n) is 2.33. The summed E-state index contributed by atoms with van der Waals surface area (Å²) in [6, 6.07) is 3.28. The van der Waals surface area contributed by atoms with Crippen molar-refractivity contribution in [2.45, 2.75) is 52.6 Å². The lowest BCUT2D eigenvalue weighted by Gasteiger charge is -2.31. The zero-order valence-electron chi connectivity index (χ0n) is 8.67. The first-order valence-electron chi connectivity index (χ1n) is 4.80. The highest BCUT2D eigenvalue weighted by atomic mass is 15.2. The van der Waals surface area contributed by atoms with Crippen LogP contribution in [0.15, 0.2) is 0 Å². The molecule has 0 saturated carbocycles. The molecule has 0 rings (SSSR count). The van der Waals surface area contributed by atoms with E-state index in [4.69, 9.17) is 5.26 Å². The number of nitriles is 1. The Kier molecular flexibility index (Phi) is 5.74. The van der Waals surface area contributed by atoms with Gasteiger partial charge in [-0.3, -0.25) is 4.90 Å². The summed E-state index contributed by atoms with van der Waals surface area (Å²) in [7, 11) is 0. The average Bonchev–Trinajstić information content (AvgIpc) is 2.05. The summed E-state index contributed by atoms with van der Waals surface area (Å²) in [5.74, 6) is 0. The third kappa shape index (κ3) is 3.23. The van der Waals surface area contributed by atoms with E-state index in [0.717, 1.165) is 12.8 Å². The van der Waals surface area contributed by atoms with Crippen LogP contribution in [0.3, 0.4) is 0 Å². The number of rotatable bonds is 5. The second-order valence-electron chi connectivity index (χ2n) is 3.39. The highest BCUT2D eigenvalue weighted by Gasteiger charge is 2.16. The van der Waals surface area contributed by atoms with Crippen LogP contribution >= 0.6 is 0 Å². The molecular weight excluding hydrogens is 148 g/mol. The Morgan fingerprint density at radius 2 is 1.75 bits per heavy atom. The van der Waals surface area contributed by atoms with Crippen molar-refractivity contribution in [1.29, 1.82) is 5.26 Å². The van der Waals surface area contributed by atoms with Gasteiger partial charge >= 0.3 is 0 Å². The molecule has 12 heavy (non-hydrogen) atoms. The van der Waals surface area contributed by atoms with E-state index in [1.807, 2.05) is 0 Å². The zero-order chi connectivity index (χ0) is 9.56.